The molecular formula is C16H19ClN2O. The summed E-state index contributed by atoms with van der Waals surface area (Å²) in [5.74, 6) is 0.659. The summed E-state index contributed by atoms with van der Waals surface area (Å²) in [4.78, 5) is 14.4. The molecule has 0 aromatic heterocycles. The van der Waals surface area contributed by atoms with Crippen LogP contribution in [0, 0.1) is 5.92 Å². The van der Waals surface area contributed by atoms with Crippen molar-refractivity contribution >= 4 is 23.6 Å². The molecule has 106 valence electrons. The van der Waals surface area contributed by atoms with Crippen LogP contribution < -0.4 is 5.32 Å². The number of piperidine rings is 3. The van der Waals surface area contributed by atoms with Gasteiger partial charge in [0.25, 0.3) is 0 Å². The van der Waals surface area contributed by atoms with Gasteiger partial charge < -0.3 is 10.2 Å². The van der Waals surface area contributed by atoms with Crippen molar-refractivity contribution in [1.82, 2.24) is 10.2 Å². The van der Waals surface area contributed by atoms with Gasteiger partial charge in [-0.05, 0) is 55.6 Å². The normalized spacial score (nSPS) is 28.8. The van der Waals surface area contributed by atoms with Crippen LogP contribution in [0.2, 0.25) is 5.02 Å². The number of amides is 1. The molecule has 1 atom stereocenters. The zero-order valence-electron chi connectivity index (χ0n) is 11.4. The smallest absolute Gasteiger partial charge is 0.244 e. The first-order chi connectivity index (χ1) is 9.70. The largest absolute Gasteiger partial charge is 0.348 e. The molecule has 1 aromatic rings. The molecule has 1 N–H and O–H groups in total. The van der Waals surface area contributed by atoms with Gasteiger partial charge in [0, 0.05) is 23.7 Å². The summed E-state index contributed by atoms with van der Waals surface area (Å²) in [6.07, 6.45) is 5.87. The fourth-order valence-corrected chi connectivity index (χ4v) is 3.23. The maximum atomic E-state index is 12.0. The number of hydrogen-bond donors (Lipinski definition) is 1. The minimum Gasteiger partial charge on any atom is -0.348 e. The molecule has 1 aromatic carbocycles. The Hall–Kier alpha value is -1.32. The second kappa shape index (κ2) is 5.98. The Morgan fingerprint density at radius 2 is 1.95 bits per heavy atom. The summed E-state index contributed by atoms with van der Waals surface area (Å²) in [6.45, 7) is 3.39. The number of rotatable bonds is 3. The van der Waals surface area contributed by atoms with E-state index in [2.05, 4.69) is 10.2 Å². The summed E-state index contributed by atoms with van der Waals surface area (Å²) in [5.41, 5.74) is 0.985. The van der Waals surface area contributed by atoms with Crippen LogP contribution in [0.1, 0.15) is 18.4 Å². The average molecular weight is 291 g/mol. The maximum absolute atomic E-state index is 12.0. The third-order valence-corrected chi connectivity index (χ3v) is 4.53. The molecule has 3 heterocycles. The number of fused-ring (bicyclic) bond motifs is 3. The highest BCUT2D eigenvalue weighted by Gasteiger charge is 2.34. The van der Waals surface area contributed by atoms with Crippen LogP contribution in [0.4, 0.5) is 0 Å². The first kappa shape index (κ1) is 13.7. The Morgan fingerprint density at radius 1 is 1.25 bits per heavy atom. The van der Waals surface area contributed by atoms with Crippen molar-refractivity contribution in [3.8, 4) is 0 Å². The molecule has 20 heavy (non-hydrogen) atoms. The molecule has 3 aliphatic rings. The number of nitrogens with one attached hydrogen (secondary N) is 1. The number of hydrogen-bond acceptors (Lipinski definition) is 2. The number of benzene rings is 1. The van der Waals surface area contributed by atoms with Crippen LogP contribution in [-0.4, -0.2) is 36.5 Å². The van der Waals surface area contributed by atoms with E-state index in [0.717, 1.165) is 12.1 Å². The predicted molar refractivity (Wildman–Crippen MR) is 81.6 cm³/mol. The lowest BCUT2D eigenvalue weighted by molar-refractivity contribution is -0.118. The van der Waals surface area contributed by atoms with Crippen LogP contribution in [-0.2, 0) is 4.79 Å². The first-order valence-electron chi connectivity index (χ1n) is 7.17. The molecule has 3 nitrogen and oxygen atoms in total. The van der Waals surface area contributed by atoms with Gasteiger partial charge in [-0.3, -0.25) is 4.79 Å². The number of carbonyl (C=O) groups excluding carboxylic acids is 1. The van der Waals surface area contributed by atoms with Gasteiger partial charge in [0.1, 0.15) is 0 Å². The lowest BCUT2D eigenvalue weighted by Gasteiger charge is -2.44. The third-order valence-electron chi connectivity index (χ3n) is 4.28. The molecule has 1 unspecified atom stereocenters. The second-order valence-corrected chi connectivity index (χ2v) is 6.07. The Labute approximate surface area is 124 Å². The van der Waals surface area contributed by atoms with Crippen molar-refractivity contribution in [3.63, 3.8) is 0 Å². The molecule has 3 aliphatic heterocycles. The molecular weight excluding hydrogens is 272 g/mol. The number of nitrogens with zero attached hydrogens (tertiary/aromatic N) is 1. The standard InChI is InChI=1S/C16H19ClN2O/c17-14-4-1-12(2-5-14)3-6-16(20)18-15-11-19-9-7-13(15)8-10-19/h1-6,13,15H,7-11H2,(H,18,20)/b6-3+. The van der Waals surface area contributed by atoms with Crippen molar-refractivity contribution in [2.45, 2.75) is 18.9 Å². The highest BCUT2D eigenvalue weighted by atomic mass is 35.5. The van der Waals surface area contributed by atoms with Crippen LogP contribution in [0.15, 0.2) is 30.3 Å². The Bertz CT molecular complexity index is 504. The fraction of sp³-hybridized carbons (Fsp3) is 0.438. The number of halogens is 1. The Kier molecular flexibility index (Phi) is 4.08. The minimum atomic E-state index is -0.00120. The summed E-state index contributed by atoms with van der Waals surface area (Å²) < 4.78 is 0. The van der Waals surface area contributed by atoms with Gasteiger partial charge in [0.05, 0.1) is 0 Å². The van der Waals surface area contributed by atoms with Gasteiger partial charge >= 0.3 is 0 Å². The second-order valence-electron chi connectivity index (χ2n) is 5.64. The zero-order valence-corrected chi connectivity index (χ0v) is 12.1. The highest BCUT2D eigenvalue weighted by Crippen LogP contribution is 2.27. The summed E-state index contributed by atoms with van der Waals surface area (Å²) in [6, 6.07) is 7.78. The first-order valence-corrected chi connectivity index (χ1v) is 7.55. The topological polar surface area (TPSA) is 32.3 Å². The molecule has 4 heteroatoms. The molecule has 1 amide bonds. The fourth-order valence-electron chi connectivity index (χ4n) is 3.11. The third kappa shape index (κ3) is 3.22. The van der Waals surface area contributed by atoms with Crippen LogP contribution in [0.3, 0.4) is 0 Å². The highest BCUT2D eigenvalue weighted by molar-refractivity contribution is 6.30. The van der Waals surface area contributed by atoms with E-state index in [0.29, 0.717) is 17.0 Å². The molecule has 0 saturated carbocycles. The monoisotopic (exact) mass is 290 g/mol. The van der Waals surface area contributed by atoms with E-state index in [1.165, 1.54) is 25.9 Å². The molecule has 2 bridgehead atoms. The number of carbonyl (C=O) groups is 1. The lowest BCUT2D eigenvalue weighted by Crippen LogP contribution is -2.57. The van der Waals surface area contributed by atoms with Gasteiger partial charge in [-0.1, -0.05) is 23.7 Å². The van der Waals surface area contributed by atoms with E-state index in [1.54, 1.807) is 6.08 Å². The van der Waals surface area contributed by atoms with Crippen LogP contribution in [0.25, 0.3) is 6.08 Å². The van der Waals surface area contributed by atoms with Crippen molar-refractivity contribution in [1.29, 1.82) is 0 Å². The molecule has 3 saturated heterocycles. The lowest BCUT2D eigenvalue weighted by atomic mass is 9.84. The van der Waals surface area contributed by atoms with E-state index in [-0.39, 0.29) is 5.91 Å². The van der Waals surface area contributed by atoms with Gasteiger partial charge in [0.15, 0.2) is 0 Å². The Morgan fingerprint density at radius 3 is 2.55 bits per heavy atom. The van der Waals surface area contributed by atoms with Crippen LogP contribution in [0.5, 0.6) is 0 Å². The molecule has 4 rings (SSSR count). The van der Waals surface area contributed by atoms with E-state index < -0.39 is 0 Å². The van der Waals surface area contributed by atoms with Gasteiger partial charge in [0.2, 0.25) is 5.91 Å². The van der Waals surface area contributed by atoms with E-state index in [9.17, 15) is 4.79 Å². The summed E-state index contributed by atoms with van der Waals surface area (Å²) in [5, 5.41) is 3.85. The molecule has 0 radical (unpaired) electrons. The van der Waals surface area contributed by atoms with Crippen LogP contribution >= 0.6 is 11.6 Å². The average Bonchev–Trinajstić information content (AvgIpc) is 2.48. The minimum absolute atomic E-state index is 0.00120. The van der Waals surface area contributed by atoms with E-state index in [1.807, 2.05) is 30.3 Å². The summed E-state index contributed by atoms with van der Waals surface area (Å²) >= 11 is 5.83. The summed E-state index contributed by atoms with van der Waals surface area (Å²) in [7, 11) is 0. The van der Waals surface area contributed by atoms with Gasteiger partial charge in [-0.15, -0.1) is 0 Å². The molecule has 0 spiro atoms. The van der Waals surface area contributed by atoms with Crippen molar-refractivity contribution in [2.75, 3.05) is 19.6 Å². The van der Waals surface area contributed by atoms with Gasteiger partial charge in [-0.2, -0.15) is 0 Å². The zero-order chi connectivity index (χ0) is 13.9. The Balaban J connectivity index is 1.55. The quantitative estimate of drug-likeness (QED) is 0.868. The molecule has 3 fully saturated rings. The predicted octanol–water partition coefficient (Wildman–Crippen LogP) is 2.56. The van der Waals surface area contributed by atoms with Gasteiger partial charge in [-0.25, -0.2) is 0 Å². The van der Waals surface area contributed by atoms with Crippen molar-refractivity contribution < 1.29 is 4.79 Å². The molecule has 0 aliphatic carbocycles. The van der Waals surface area contributed by atoms with E-state index >= 15 is 0 Å². The van der Waals surface area contributed by atoms with E-state index in [4.69, 9.17) is 11.6 Å². The van der Waals surface area contributed by atoms with Crippen molar-refractivity contribution in [3.05, 3.63) is 40.9 Å². The SMILES string of the molecule is O=C(/C=C/c1ccc(Cl)cc1)NC1CN2CCC1CC2. The van der Waals surface area contributed by atoms with Crippen molar-refractivity contribution in [2.24, 2.45) is 5.92 Å². The maximum Gasteiger partial charge on any atom is 0.244 e.